The lowest BCUT2D eigenvalue weighted by Crippen LogP contribution is -2.43. The van der Waals surface area contributed by atoms with Crippen molar-refractivity contribution in [1.82, 2.24) is 14.7 Å². The van der Waals surface area contributed by atoms with E-state index in [0.717, 1.165) is 15.3 Å². The van der Waals surface area contributed by atoms with E-state index >= 15 is 0 Å². The molecule has 1 atom stereocenters. The maximum Gasteiger partial charge on any atom is 0.325 e. The van der Waals surface area contributed by atoms with E-state index in [0.29, 0.717) is 29.4 Å². The van der Waals surface area contributed by atoms with Crippen LogP contribution < -0.4 is 25.7 Å². The van der Waals surface area contributed by atoms with Crippen molar-refractivity contribution in [3.05, 3.63) is 95.8 Å². The number of aromatic nitrogens is 4. The minimum Gasteiger partial charge on any atom is -0.860 e. The summed E-state index contributed by atoms with van der Waals surface area (Å²) in [7, 11) is 1.54. The third-order valence-corrected chi connectivity index (χ3v) is 6.43. The fourth-order valence-corrected chi connectivity index (χ4v) is 4.51. The topological polar surface area (TPSA) is 127 Å². The van der Waals surface area contributed by atoms with Crippen LogP contribution in [0.4, 0.5) is 0 Å². The number of nitrogens with zero attached hydrogens (tertiary/aromatic N) is 2. The normalized spacial score (nSPS) is 12.1. The van der Waals surface area contributed by atoms with Crippen LogP contribution in [0.1, 0.15) is 39.1 Å². The number of ether oxygens (including phenoxy) is 1. The first-order valence-electron chi connectivity index (χ1n) is 9.82. The van der Waals surface area contributed by atoms with Gasteiger partial charge in [0, 0.05) is 24.3 Å². The number of hydrogen-bond acceptors (Lipinski definition) is 6. The van der Waals surface area contributed by atoms with Gasteiger partial charge in [0.15, 0.2) is 5.69 Å². The minimum atomic E-state index is -0.952. The molecule has 0 saturated carbocycles. The maximum absolute atomic E-state index is 12.8. The van der Waals surface area contributed by atoms with Gasteiger partial charge in [0.05, 0.1) is 7.11 Å². The Morgan fingerprint density at radius 1 is 1.19 bits per heavy atom. The maximum atomic E-state index is 12.8. The van der Waals surface area contributed by atoms with Crippen molar-refractivity contribution >= 4 is 11.3 Å². The van der Waals surface area contributed by atoms with Crippen LogP contribution in [0, 0.1) is 13.8 Å². The van der Waals surface area contributed by atoms with Crippen LogP contribution in [0.3, 0.4) is 0 Å². The van der Waals surface area contributed by atoms with Gasteiger partial charge >= 0.3 is 11.5 Å². The summed E-state index contributed by atoms with van der Waals surface area (Å²) in [4.78, 5) is 29.8. The number of hydrogen-bond donors (Lipinski definition) is 3. The van der Waals surface area contributed by atoms with Gasteiger partial charge in [0.2, 0.25) is 0 Å². The lowest BCUT2D eigenvalue weighted by Gasteiger charge is -2.20. The van der Waals surface area contributed by atoms with Gasteiger partial charge in [-0.05, 0) is 39.8 Å². The van der Waals surface area contributed by atoms with E-state index in [2.05, 4.69) is 9.97 Å². The predicted molar refractivity (Wildman–Crippen MR) is 116 cm³/mol. The molecule has 3 aromatic heterocycles. The quantitative estimate of drug-likeness (QED) is 0.300. The number of methoxy groups -OCH3 is 1. The number of thiophene rings is 1. The van der Waals surface area contributed by atoms with E-state index in [1.54, 1.807) is 42.5 Å². The largest absolute Gasteiger partial charge is 0.860 e. The molecule has 0 aliphatic heterocycles. The minimum absolute atomic E-state index is 0.192. The fourth-order valence-electron chi connectivity index (χ4n) is 3.82. The Bertz CT molecular complexity index is 1370. The van der Waals surface area contributed by atoms with E-state index in [-0.39, 0.29) is 5.56 Å². The first-order chi connectivity index (χ1) is 15.3. The molecule has 0 saturated heterocycles. The summed E-state index contributed by atoms with van der Waals surface area (Å²) in [5.41, 5.74) is 0.0518. The van der Waals surface area contributed by atoms with Gasteiger partial charge in [-0.25, -0.2) is 9.36 Å². The van der Waals surface area contributed by atoms with Crippen molar-refractivity contribution in [1.29, 1.82) is 0 Å². The monoisotopic (exact) mass is 454 g/mol. The first-order valence-corrected chi connectivity index (χ1v) is 10.7. The number of benzene rings is 1. The lowest BCUT2D eigenvalue weighted by atomic mass is 9.91. The Labute approximate surface area is 186 Å². The summed E-state index contributed by atoms with van der Waals surface area (Å²) in [6.07, 6.45) is 0. The zero-order valence-corrected chi connectivity index (χ0v) is 18.5. The number of H-pyrrole nitrogens is 2. The number of imidazole rings is 1. The summed E-state index contributed by atoms with van der Waals surface area (Å²) in [6.45, 7) is 4.05. The van der Waals surface area contributed by atoms with E-state index in [1.807, 2.05) is 29.0 Å². The Morgan fingerprint density at radius 3 is 2.50 bits per heavy atom. The second kappa shape index (κ2) is 8.39. The molecule has 0 bridgehead atoms. The molecule has 32 heavy (non-hydrogen) atoms. The molecule has 0 spiro atoms. The molecule has 9 nitrogen and oxygen atoms in total. The molecule has 0 aliphatic rings. The summed E-state index contributed by atoms with van der Waals surface area (Å²) in [6, 6.07) is 10.8. The van der Waals surface area contributed by atoms with Crippen LogP contribution >= 0.6 is 11.3 Å². The van der Waals surface area contributed by atoms with Gasteiger partial charge in [0.25, 0.3) is 5.56 Å². The third kappa shape index (κ3) is 3.69. The highest BCUT2D eigenvalue weighted by molar-refractivity contribution is 7.09. The van der Waals surface area contributed by atoms with Gasteiger partial charge < -0.3 is 20.0 Å². The molecule has 0 aliphatic carbocycles. The fraction of sp³-hybridized carbons (Fsp3) is 0.227. The molecular formula is C22H22N4O5S. The number of rotatable bonds is 6. The standard InChI is InChI=1S/C22H22N4O5S/c1-12-13(2)26(30)21(25(12)11-16-5-4-10-32-16)17(14-6-8-15(31-3)9-7-14)18-19(27)23-22(29)24-20(18)28/h4-10,17H,11H2,1-3H3,(H3-,23,24,27,28,29,30). The van der Waals surface area contributed by atoms with E-state index < -0.39 is 23.0 Å². The van der Waals surface area contributed by atoms with Crippen molar-refractivity contribution in [2.24, 2.45) is 0 Å². The molecule has 4 aromatic rings. The van der Waals surface area contributed by atoms with Gasteiger partial charge in [-0.2, -0.15) is 0 Å². The predicted octanol–water partition coefficient (Wildman–Crippen LogP) is 1.38. The highest BCUT2D eigenvalue weighted by Crippen LogP contribution is 2.33. The molecule has 10 heteroatoms. The van der Waals surface area contributed by atoms with Gasteiger partial charge in [-0.3, -0.25) is 9.78 Å². The van der Waals surface area contributed by atoms with Crippen LogP contribution in [-0.2, 0) is 6.54 Å². The second-order valence-electron chi connectivity index (χ2n) is 7.36. The Kier molecular flexibility index (Phi) is 5.62. The van der Waals surface area contributed by atoms with Crippen LogP contribution in [0.15, 0.2) is 51.4 Å². The lowest BCUT2D eigenvalue weighted by molar-refractivity contribution is -0.702. The van der Waals surface area contributed by atoms with Gasteiger partial charge in [-0.15, -0.1) is 11.3 Å². The number of nitrogens with one attached hydrogen (secondary N) is 2. The molecule has 1 unspecified atom stereocenters. The molecule has 3 heterocycles. The smallest absolute Gasteiger partial charge is 0.325 e. The van der Waals surface area contributed by atoms with E-state index in [4.69, 9.17) is 4.74 Å². The van der Waals surface area contributed by atoms with Crippen LogP contribution in [-0.4, -0.2) is 27.0 Å². The zero-order valence-electron chi connectivity index (χ0n) is 17.7. The average molecular weight is 455 g/mol. The van der Waals surface area contributed by atoms with Crippen molar-refractivity contribution in [3.63, 3.8) is 0 Å². The summed E-state index contributed by atoms with van der Waals surface area (Å²) >= 11 is 1.56. The zero-order chi connectivity index (χ0) is 23.0. The molecular weight excluding hydrogens is 432 g/mol. The molecule has 0 amide bonds. The molecule has 4 rings (SSSR count). The number of aromatic amines is 2. The molecule has 3 N–H and O–H groups in total. The Hall–Kier alpha value is -3.79. The van der Waals surface area contributed by atoms with E-state index in [1.165, 1.54) is 7.11 Å². The van der Waals surface area contributed by atoms with Crippen molar-refractivity contribution in [3.8, 4) is 11.6 Å². The second-order valence-corrected chi connectivity index (χ2v) is 8.40. The van der Waals surface area contributed by atoms with Crippen molar-refractivity contribution in [2.45, 2.75) is 26.3 Å². The third-order valence-electron chi connectivity index (χ3n) is 5.57. The first kappa shape index (κ1) is 21.4. The summed E-state index contributed by atoms with van der Waals surface area (Å²) in [5.74, 6) is -0.832. The van der Waals surface area contributed by atoms with Gasteiger partial charge in [-0.1, -0.05) is 18.2 Å². The highest BCUT2D eigenvalue weighted by Gasteiger charge is 2.37. The van der Waals surface area contributed by atoms with Crippen LogP contribution in [0.2, 0.25) is 0 Å². The average Bonchev–Trinajstić information content (AvgIpc) is 3.35. The summed E-state index contributed by atoms with van der Waals surface area (Å²) in [5, 5.41) is 25.8. The molecule has 1 aromatic carbocycles. The van der Waals surface area contributed by atoms with Crippen molar-refractivity contribution < 1.29 is 19.6 Å². The van der Waals surface area contributed by atoms with Crippen molar-refractivity contribution in [2.75, 3.05) is 7.11 Å². The Balaban J connectivity index is 2.02. The van der Waals surface area contributed by atoms with E-state index in [9.17, 15) is 19.9 Å². The summed E-state index contributed by atoms with van der Waals surface area (Å²) < 4.78 is 8.11. The highest BCUT2D eigenvalue weighted by atomic mass is 32.1. The van der Waals surface area contributed by atoms with Crippen LogP contribution in [0.25, 0.3) is 0 Å². The van der Waals surface area contributed by atoms with Gasteiger partial charge in [0.1, 0.15) is 23.9 Å². The molecule has 166 valence electrons. The Morgan fingerprint density at radius 2 is 1.91 bits per heavy atom. The molecule has 0 radical (unpaired) electrons. The van der Waals surface area contributed by atoms with Crippen LogP contribution in [0.5, 0.6) is 11.6 Å². The SMILES string of the molecule is COc1ccc(C(c2c([O-])[nH]c(=O)[nH]c2=O)c2n(O)c(C)c(C)[n+]2Cc2cccs2)cc1. The molecule has 0 fully saturated rings.